The lowest BCUT2D eigenvalue weighted by atomic mass is 10.2. The summed E-state index contributed by atoms with van der Waals surface area (Å²) in [4.78, 5) is 0. The zero-order valence-electron chi connectivity index (χ0n) is 10.1. The fourth-order valence-corrected chi connectivity index (χ4v) is 1.34. The lowest BCUT2D eigenvalue weighted by Crippen LogP contribution is -2.14. The summed E-state index contributed by atoms with van der Waals surface area (Å²) >= 11 is 0. The summed E-state index contributed by atoms with van der Waals surface area (Å²) in [6.45, 7) is 4.99. The van der Waals surface area contributed by atoms with Gasteiger partial charge in [-0.15, -0.1) is 0 Å². The molecule has 0 atom stereocenters. The predicted octanol–water partition coefficient (Wildman–Crippen LogP) is 1.72. The monoisotopic (exact) mass is 232 g/mol. The first kappa shape index (κ1) is 13.1. The Kier molecular flexibility index (Phi) is 5.05. The van der Waals surface area contributed by atoms with Crippen molar-refractivity contribution in [2.75, 3.05) is 27.3 Å². The van der Waals surface area contributed by atoms with E-state index in [0.29, 0.717) is 30.2 Å². The maximum absolute atomic E-state index is 8.77. The summed E-state index contributed by atoms with van der Waals surface area (Å²) in [6.07, 6.45) is 0. The molecule has 0 spiro atoms. The average Bonchev–Trinajstić information content (AvgIpc) is 2.36. The first-order valence-electron chi connectivity index (χ1n) is 5.23. The molecule has 1 aromatic carbocycles. The van der Waals surface area contributed by atoms with Gasteiger partial charge in [0.05, 0.1) is 18.7 Å². The van der Waals surface area contributed by atoms with Crippen LogP contribution < -0.4 is 14.8 Å². The summed E-state index contributed by atoms with van der Waals surface area (Å²) in [7, 11) is 3.40. The summed E-state index contributed by atoms with van der Waals surface area (Å²) in [5.74, 6) is 1.17. The van der Waals surface area contributed by atoms with Gasteiger partial charge >= 0.3 is 0 Å². The minimum atomic E-state index is 0.420. The summed E-state index contributed by atoms with van der Waals surface area (Å²) in [5.41, 5.74) is 1.49. The molecule has 0 amide bonds. The molecule has 0 fully saturated rings. The Labute approximate surface area is 101 Å². The lowest BCUT2D eigenvalue weighted by molar-refractivity contribution is 0.317. The van der Waals surface area contributed by atoms with Crippen molar-refractivity contribution in [1.82, 2.24) is 5.32 Å². The van der Waals surface area contributed by atoms with Gasteiger partial charge in [0.2, 0.25) is 0 Å². The number of methoxy groups -OCH3 is 1. The first-order valence-corrected chi connectivity index (χ1v) is 5.23. The summed E-state index contributed by atoms with van der Waals surface area (Å²) in [5, 5.41) is 11.8. The molecular formula is C13H16N2O2. The smallest absolute Gasteiger partial charge is 0.162 e. The van der Waals surface area contributed by atoms with Gasteiger partial charge in [-0.3, -0.25) is 0 Å². The molecule has 0 heterocycles. The van der Waals surface area contributed by atoms with Crippen molar-refractivity contribution in [3.8, 4) is 17.6 Å². The Morgan fingerprint density at radius 2 is 2.24 bits per heavy atom. The van der Waals surface area contributed by atoms with Crippen LogP contribution in [0.2, 0.25) is 0 Å². The number of likely N-dealkylation sites (N-methyl/N-ethyl adjacent to an activating group) is 1. The number of hydrogen-bond donors (Lipinski definition) is 1. The van der Waals surface area contributed by atoms with Crippen LogP contribution in [0.15, 0.2) is 30.4 Å². The van der Waals surface area contributed by atoms with E-state index >= 15 is 0 Å². The van der Waals surface area contributed by atoms with Crippen LogP contribution in [-0.2, 0) is 0 Å². The standard InChI is InChI=1S/C13H16N2O2/c1-10(8-15-2)9-17-12-5-4-11(7-14)6-13(12)16-3/h4-6,15H,1,8-9H2,2-3H3. The summed E-state index contributed by atoms with van der Waals surface area (Å²) in [6, 6.07) is 7.12. The van der Waals surface area contributed by atoms with Gasteiger partial charge in [-0.05, 0) is 24.8 Å². The fraction of sp³-hybridized carbons (Fsp3) is 0.308. The van der Waals surface area contributed by atoms with E-state index in [1.54, 1.807) is 25.3 Å². The Balaban J connectivity index is 2.71. The van der Waals surface area contributed by atoms with Crippen LogP contribution in [0.4, 0.5) is 0 Å². The zero-order valence-corrected chi connectivity index (χ0v) is 10.1. The van der Waals surface area contributed by atoms with Crippen LogP contribution in [-0.4, -0.2) is 27.3 Å². The van der Waals surface area contributed by atoms with Gasteiger partial charge in [-0.2, -0.15) is 5.26 Å². The average molecular weight is 232 g/mol. The molecule has 17 heavy (non-hydrogen) atoms. The van der Waals surface area contributed by atoms with E-state index in [1.165, 1.54) is 0 Å². The highest BCUT2D eigenvalue weighted by atomic mass is 16.5. The number of nitrogens with zero attached hydrogens (tertiary/aromatic N) is 1. The molecule has 1 N–H and O–H groups in total. The van der Waals surface area contributed by atoms with E-state index in [-0.39, 0.29) is 0 Å². The third kappa shape index (κ3) is 3.82. The number of nitriles is 1. The predicted molar refractivity (Wildman–Crippen MR) is 66.3 cm³/mol. The molecule has 4 nitrogen and oxygen atoms in total. The second-order valence-electron chi connectivity index (χ2n) is 3.55. The molecule has 0 aliphatic heterocycles. The Bertz CT molecular complexity index is 436. The van der Waals surface area contributed by atoms with Gasteiger partial charge in [0.15, 0.2) is 11.5 Å². The van der Waals surface area contributed by atoms with Crippen LogP contribution in [0.5, 0.6) is 11.5 Å². The first-order chi connectivity index (χ1) is 8.21. The molecule has 4 heteroatoms. The number of ether oxygens (including phenoxy) is 2. The maximum Gasteiger partial charge on any atom is 0.162 e. The van der Waals surface area contributed by atoms with Crippen molar-refractivity contribution < 1.29 is 9.47 Å². The lowest BCUT2D eigenvalue weighted by Gasteiger charge is -2.11. The van der Waals surface area contributed by atoms with Gasteiger partial charge in [0.25, 0.3) is 0 Å². The second kappa shape index (κ2) is 6.56. The van der Waals surface area contributed by atoms with Gasteiger partial charge in [0.1, 0.15) is 6.61 Å². The van der Waals surface area contributed by atoms with Crippen LogP contribution in [0.25, 0.3) is 0 Å². The molecule has 0 unspecified atom stereocenters. The SMILES string of the molecule is C=C(CNC)COc1ccc(C#N)cc1OC. The maximum atomic E-state index is 8.77. The van der Waals surface area contributed by atoms with Crippen LogP contribution >= 0.6 is 0 Å². The summed E-state index contributed by atoms with van der Waals surface area (Å²) < 4.78 is 10.7. The van der Waals surface area contributed by atoms with Crippen LogP contribution in [0.3, 0.4) is 0 Å². The number of benzene rings is 1. The minimum absolute atomic E-state index is 0.420. The van der Waals surface area contributed by atoms with Crippen LogP contribution in [0.1, 0.15) is 5.56 Å². The normalized spacial score (nSPS) is 9.47. The molecule has 0 saturated heterocycles. The zero-order chi connectivity index (χ0) is 12.7. The van der Waals surface area contributed by atoms with E-state index in [9.17, 15) is 0 Å². The van der Waals surface area contributed by atoms with E-state index in [1.807, 2.05) is 7.05 Å². The second-order valence-corrected chi connectivity index (χ2v) is 3.55. The van der Waals surface area contributed by atoms with Crippen molar-refractivity contribution in [1.29, 1.82) is 5.26 Å². The third-order valence-electron chi connectivity index (χ3n) is 2.15. The Morgan fingerprint density at radius 1 is 1.47 bits per heavy atom. The molecule has 0 radical (unpaired) electrons. The molecular weight excluding hydrogens is 216 g/mol. The van der Waals surface area contributed by atoms with Gasteiger partial charge in [0, 0.05) is 12.6 Å². The molecule has 0 aliphatic carbocycles. The molecule has 0 saturated carbocycles. The van der Waals surface area contributed by atoms with Crippen molar-refractivity contribution in [2.45, 2.75) is 0 Å². The van der Waals surface area contributed by atoms with Crippen molar-refractivity contribution >= 4 is 0 Å². The van der Waals surface area contributed by atoms with Gasteiger partial charge in [-0.25, -0.2) is 0 Å². The van der Waals surface area contributed by atoms with E-state index in [4.69, 9.17) is 14.7 Å². The Morgan fingerprint density at radius 3 is 2.82 bits per heavy atom. The molecule has 1 aromatic rings. The highest BCUT2D eigenvalue weighted by Gasteiger charge is 2.06. The molecule has 0 bridgehead atoms. The van der Waals surface area contributed by atoms with Crippen LogP contribution in [0, 0.1) is 11.3 Å². The number of hydrogen-bond acceptors (Lipinski definition) is 4. The topological polar surface area (TPSA) is 54.3 Å². The highest BCUT2D eigenvalue weighted by molar-refractivity contribution is 5.46. The quantitative estimate of drug-likeness (QED) is 0.759. The van der Waals surface area contributed by atoms with Crippen molar-refractivity contribution in [3.63, 3.8) is 0 Å². The van der Waals surface area contributed by atoms with Gasteiger partial charge in [-0.1, -0.05) is 6.58 Å². The van der Waals surface area contributed by atoms with E-state index in [2.05, 4.69) is 18.0 Å². The van der Waals surface area contributed by atoms with Crippen molar-refractivity contribution in [3.05, 3.63) is 35.9 Å². The molecule has 1 rings (SSSR count). The van der Waals surface area contributed by atoms with E-state index < -0.39 is 0 Å². The fourth-order valence-electron chi connectivity index (χ4n) is 1.34. The van der Waals surface area contributed by atoms with Crippen molar-refractivity contribution in [2.24, 2.45) is 0 Å². The Hall–Kier alpha value is -1.99. The largest absolute Gasteiger partial charge is 0.493 e. The minimum Gasteiger partial charge on any atom is -0.493 e. The highest BCUT2D eigenvalue weighted by Crippen LogP contribution is 2.27. The third-order valence-corrected chi connectivity index (χ3v) is 2.15. The van der Waals surface area contributed by atoms with Gasteiger partial charge < -0.3 is 14.8 Å². The molecule has 0 aliphatic rings. The molecule has 90 valence electrons. The molecule has 0 aromatic heterocycles. The van der Waals surface area contributed by atoms with E-state index in [0.717, 1.165) is 5.57 Å². The number of rotatable bonds is 6. The number of nitrogens with one attached hydrogen (secondary N) is 1.